The lowest BCUT2D eigenvalue weighted by molar-refractivity contribution is -0.119. The number of methoxy groups -OCH3 is 1. The molecule has 0 aromatic carbocycles. The Morgan fingerprint density at radius 2 is 2.21 bits per heavy atom. The topological polar surface area (TPSA) is 115 Å². The van der Waals surface area contributed by atoms with Crippen LogP contribution < -0.4 is 16.4 Å². The first kappa shape index (κ1) is 15.4. The van der Waals surface area contributed by atoms with Crippen LogP contribution in [-0.2, 0) is 16.1 Å². The minimum Gasteiger partial charge on any atom is -0.407 e. The van der Waals surface area contributed by atoms with Gasteiger partial charge in [0.05, 0.1) is 13.2 Å². The van der Waals surface area contributed by atoms with Crippen LogP contribution in [0.25, 0.3) is 0 Å². The van der Waals surface area contributed by atoms with Gasteiger partial charge < -0.3 is 25.5 Å². The first-order chi connectivity index (χ1) is 9.04. The molecule has 0 aliphatic carbocycles. The number of hydrogen-bond acceptors (Lipinski definition) is 7. The maximum atomic E-state index is 11.2. The smallest absolute Gasteiger partial charge is 0.316 e. The minimum atomic E-state index is -0.533. The Morgan fingerprint density at radius 3 is 2.79 bits per heavy atom. The van der Waals surface area contributed by atoms with E-state index in [0.29, 0.717) is 25.6 Å². The first-order valence-electron chi connectivity index (χ1n) is 6.12. The van der Waals surface area contributed by atoms with Crippen LogP contribution in [0.3, 0.4) is 0 Å². The van der Waals surface area contributed by atoms with E-state index >= 15 is 0 Å². The molecule has 0 saturated carbocycles. The van der Waals surface area contributed by atoms with E-state index < -0.39 is 11.9 Å². The number of rotatable bonds is 9. The number of amides is 1. The lowest BCUT2D eigenvalue weighted by atomic mass is 10.0. The summed E-state index contributed by atoms with van der Waals surface area (Å²) in [7, 11) is 1.63. The van der Waals surface area contributed by atoms with Crippen molar-refractivity contribution in [1.29, 1.82) is 0 Å². The fraction of sp³-hybridized carbons (Fsp3) is 0.727. The second kappa shape index (κ2) is 7.70. The highest BCUT2D eigenvalue weighted by Gasteiger charge is 2.21. The molecule has 0 saturated heterocycles. The highest BCUT2D eigenvalue weighted by Crippen LogP contribution is 2.11. The molecule has 0 fully saturated rings. The number of carbonyl (C=O) groups excluding carboxylic acids is 1. The molecule has 0 bridgehead atoms. The van der Waals surface area contributed by atoms with Gasteiger partial charge in [-0.3, -0.25) is 4.79 Å². The summed E-state index contributed by atoms with van der Waals surface area (Å²) in [4.78, 5) is 11.2. The zero-order valence-electron chi connectivity index (χ0n) is 11.5. The van der Waals surface area contributed by atoms with Crippen LogP contribution in [0.1, 0.15) is 19.7 Å². The number of anilines is 1. The Bertz CT molecular complexity index is 393. The summed E-state index contributed by atoms with van der Waals surface area (Å²) in [6.45, 7) is 5.51. The quantitative estimate of drug-likeness (QED) is 0.529. The summed E-state index contributed by atoms with van der Waals surface area (Å²) in [6, 6.07) is -0.337. The Hall–Kier alpha value is -1.67. The molecule has 0 radical (unpaired) electrons. The molecule has 1 aromatic rings. The summed E-state index contributed by atoms with van der Waals surface area (Å²) in [5.74, 6) is 0.0197. The zero-order chi connectivity index (χ0) is 14.3. The summed E-state index contributed by atoms with van der Waals surface area (Å²) in [5.41, 5.74) is 5.29. The van der Waals surface area contributed by atoms with Gasteiger partial charge in [0.1, 0.15) is 6.04 Å². The Labute approximate surface area is 112 Å². The highest BCUT2D eigenvalue weighted by atomic mass is 16.5. The monoisotopic (exact) mass is 271 g/mol. The van der Waals surface area contributed by atoms with Crippen molar-refractivity contribution in [2.24, 2.45) is 11.7 Å². The fourth-order valence-corrected chi connectivity index (χ4v) is 1.45. The van der Waals surface area contributed by atoms with Gasteiger partial charge >= 0.3 is 6.01 Å². The molecular weight excluding hydrogens is 250 g/mol. The Kier molecular flexibility index (Phi) is 6.23. The molecule has 1 amide bonds. The number of hydrogen-bond donors (Lipinski definition) is 3. The van der Waals surface area contributed by atoms with Crippen molar-refractivity contribution in [3.05, 3.63) is 5.89 Å². The minimum absolute atomic E-state index is 0.0349. The highest BCUT2D eigenvalue weighted by molar-refractivity contribution is 5.82. The Balaban J connectivity index is 2.47. The molecule has 0 aliphatic rings. The maximum absolute atomic E-state index is 11.2. The molecule has 4 N–H and O–H groups in total. The van der Waals surface area contributed by atoms with Crippen LogP contribution in [0.4, 0.5) is 6.01 Å². The third-order valence-corrected chi connectivity index (χ3v) is 2.48. The normalized spacial score (nSPS) is 12.6. The van der Waals surface area contributed by atoms with Gasteiger partial charge in [0, 0.05) is 13.7 Å². The SMILES string of the molecule is COCCNCc1nnc(NC(C(N)=O)C(C)C)o1. The summed E-state index contributed by atoms with van der Waals surface area (Å²) in [6.07, 6.45) is 0. The second-order valence-electron chi connectivity index (χ2n) is 4.44. The standard InChI is InChI=1S/C11H21N5O3/c1-7(2)9(10(12)17)14-11-16-15-8(19-11)6-13-4-5-18-3/h7,9,13H,4-6H2,1-3H3,(H2,12,17)(H,14,16). The predicted molar refractivity (Wildman–Crippen MR) is 69.3 cm³/mol. The average Bonchev–Trinajstić information content (AvgIpc) is 2.79. The number of nitrogens with two attached hydrogens (primary N) is 1. The maximum Gasteiger partial charge on any atom is 0.316 e. The van der Waals surface area contributed by atoms with E-state index in [4.69, 9.17) is 14.9 Å². The zero-order valence-corrected chi connectivity index (χ0v) is 11.5. The molecular formula is C11H21N5O3. The number of primary amides is 1. The number of nitrogens with one attached hydrogen (secondary N) is 2. The molecule has 1 atom stereocenters. The summed E-state index contributed by atoms with van der Waals surface area (Å²) in [5, 5.41) is 13.6. The van der Waals surface area contributed by atoms with Crippen LogP contribution in [0.5, 0.6) is 0 Å². The van der Waals surface area contributed by atoms with Gasteiger partial charge in [-0.1, -0.05) is 18.9 Å². The van der Waals surface area contributed by atoms with Gasteiger partial charge in [-0.25, -0.2) is 0 Å². The van der Waals surface area contributed by atoms with E-state index in [1.165, 1.54) is 0 Å². The molecule has 0 spiro atoms. The number of aromatic nitrogens is 2. The van der Waals surface area contributed by atoms with Crippen molar-refractivity contribution in [3.63, 3.8) is 0 Å². The lowest BCUT2D eigenvalue weighted by Crippen LogP contribution is -2.39. The molecule has 1 heterocycles. The van der Waals surface area contributed by atoms with Crippen molar-refractivity contribution >= 4 is 11.9 Å². The molecule has 1 rings (SSSR count). The molecule has 8 nitrogen and oxygen atoms in total. The third kappa shape index (κ3) is 5.23. The van der Waals surface area contributed by atoms with Crippen LogP contribution in [0, 0.1) is 5.92 Å². The molecule has 0 aliphatic heterocycles. The fourth-order valence-electron chi connectivity index (χ4n) is 1.45. The van der Waals surface area contributed by atoms with E-state index in [1.54, 1.807) is 7.11 Å². The molecule has 108 valence electrons. The van der Waals surface area contributed by atoms with Gasteiger partial charge in [-0.2, -0.15) is 0 Å². The average molecular weight is 271 g/mol. The first-order valence-corrected chi connectivity index (χ1v) is 6.12. The van der Waals surface area contributed by atoms with Crippen molar-refractivity contribution < 1.29 is 13.9 Å². The lowest BCUT2D eigenvalue weighted by Gasteiger charge is -2.16. The third-order valence-electron chi connectivity index (χ3n) is 2.48. The van der Waals surface area contributed by atoms with Crippen molar-refractivity contribution in [3.8, 4) is 0 Å². The number of carbonyl (C=O) groups is 1. The molecule has 1 aromatic heterocycles. The van der Waals surface area contributed by atoms with Crippen LogP contribution in [-0.4, -0.2) is 42.4 Å². The van der Waals surface area contributed by atoms with Crippen molar-refractivity contribution in [2.45, 2.75) is 26.4 Å². The van der Waals surface area contributed by atoms with E-state index in [0.717, 1.165) is 0 Å². The van der Waals surface area contributed by atoms with Gasteiger partial charge in [-0.15, -0.1) is 5.10 Å². The number of nitrogens with zero attached hydrogens (tertiary/aromatic N) is 2. The largest absolute Gasteiger partial charge is 0.407 e. The van der Waals surface area contributed by atoms with Crippen LogP contribution in [0.15, 0.2) is 4.42 Å². The van der Waals surface area contributed by atoms with Gasteiger partial charge in [0.2, 0.25) is 11.8 Å². The van der Waals surface area contributed by atoms with Crippen LogP contribution >= 0.6 is 0 Å². The van der Waals surface area contributed by atoms with E-state index in [9.17, 15) is 4.79 Å². The van der Waals surface area contributed by atoms with Crippen molar-refractivity contribution in [2.75, 3.05) is 25.6 Å². The number of ether oxygens (including phenoxy) is 1. The van der Waals surface area contributed by atoms with E-state index in [1.807, 2.05) is 13.8 Å². The predicted octanol–water partition coefficient (Wildman–Crippen LogP) is -0.273. The van der Waals surface area contributed by atoms with Gasteiger partial charge in [0.15, 0.2) is 0 Å². The van der Waals surface area contributed by atoms with Crippen molar-refractivity contribution in [1.82, 2.24) is 15.5 Å². The van der Waals surface area contributed by atoms with Gasteiger partial charge in [0.25, 0.3) is 0 Å². The molecule has 19 heavy (non-hydrogen) atoms. The Morgan fingerprint density at radius 1 is 1.47 bits per heavy atom. The summed E-state index contributed by atoms with van der Waals surface area (Å²) < 4.78 is 10.2. The van der Waals surface area contributed by atoms with E-state index in [2.05, 4.69) is 20.8 Å². The summed E-state index contributed by atoms with van der Waals surface area (Å²) >= 11 is 0. The van der Waals surface area contributed by atoms with Gasteiger partial charge in [-0.05, 0) is 5.92 Å². The molecule has 8 heteroatoms. The second-order valence-corrected chi connectivity index (χ2v) is 4.44. The van der Waals surface area contributed by atoms with Crippen LogP contribution in [0.2, 0.25) is 0 Å². The van der Waals surface area contributed by atoms with E-state index in [-0.39, 0.29) is 11.9 Å². The molecule has 1 unspecified atom stereocenters.